The number of urea groups is 1. The van der Waals surface area contributed by atoms with Crippen molar-refractivity contribution >= 4 is 28.6 Å². The summed E-state index contributed by atoms with van der Waals surface area (Å²) < 4.78 is 13.2. The smallest absolute Gasteiger partial charge is 0.325 e. The van der Waals surface area contributed by atoms with Crippen LogP contribution in [0.5, 0.6) is 0 Å². The number of nitrogens with zero attached hydrogens (tertiary/aromatic N) is 1. The van der Waals surface area contributed by atoms with E-state index in [1.165, 1.54) is 24.3 Å². The molecule has 1 saturated heterocycles. The van der Waals surface area contributed by atoms with E-state index in [-0.39, 0.29) is 12.3 Å². The molecule has 0 bridgehead atoms. The first kappa shape index (κ1) is 17.9. The van der Waals surface area contributed by atoms with Crippen molar-refractivity contribution < 1.29 is 18.8 Å². The fraction of sp³-hybridized carbons (Fsp3) is 0.190. The summed E-state index contributed by atoms with van der Waals surface area (Å²) in [6, 6.07) is 12.1. The molecule has 142 valence electrons. The van der Waals surface area contributed by atoms with E-state index in [2.05, 4.69) is 10.3 Å². The van der Waals surface area contributed by atoms with Gasteiger partial charge >= 0.3 is 6.03 Å². The molecule has 2 aromatic carbocycles. The van der Waals surface area contributed by atoms with Gasteiger partial charge < -0.3 is 10.3 Å². The first-order chi connectivity index (χ1) is 13.3. The van der Waals surface area contributed by atoms with Gasteiger partial charge in [0.1, 0.15) is 11.4 Å². The van der Waals surface area contributed by atoms with Crippen LogP contribution in [-0.4, -0.2) is 34.2 Å². The zero-order chi connectivity index (χ0) is 20.1. The Labute approximate surface area is 160 Å². The fourth-order valence-corrected chi connectivity index (χ4v) is 3.68. The molecule has 28 heavy (non-hydrogen) atoms. The highest BCUT2D eigenvalue weighted by atomic mass is 19.1. The van der Waals surface area contributed by atoms with Crippen molar-refractivity contribution in [3.05, 3.63) is 71.2 Å². The monoisotopic (exact) mass is 379 g/mol. The Hall–Kier alpha value is -3.48. The number of H-pyrrole nitrogens is 1. The number of rotatable bonds is 4. The summed E-state index contributed by atoms with van der Waals surface area (Å²) in [6.07, 6.45) is 0. The molecule has 1 unspecified atom stereocenters. The third-order valence-electron chi connectivity index (χ3n) is 5.17. The highest BCUT2D eigenvalue weighted by Crippen LogP contribution is 2.30. The van der Waals surface area contributed by atoms with Crippen molar-refractivity contribution in [2.75, 3.05) is 6.54 Å². The number of aromatic nitrogens is 1. The Kier molecular flexibility index (Phi) is 4.03. The van der Waals surface area contributed by atoms with Crippen LogP contribution in [0.4, 0.5) is 9.18 Å². The number of aryl methyl sites for hydroxylation is 1. The summed E-state index contributed by atoms with van der Waals surface area (Å²) in [4.78, 5) is 42.4. The number of carbonyl (C=O) groups excluding carboxylic acids is 3. The number of hydrogen-bond acceptors (Lipinski definition) is 3. The molecule has 6 nitrogen and oxygen atoms in total. The molecule has 0 saturated carbocycles. The summed E-state index contributed by atoms with van der Waals surface area (Å²) in [5.41, 5.74) is 1.06. The first-order valence-corrected chi connectivity index (χ1v) is 8.82. The number of benzene rings is 2. The van der Waals surface area contributed by atoms with Crippen molar-refractivity contribution in [1.82, 2.24) is 15.2 Å². The Morgan fingerprint density at radius 2 is 1.79 bits per heavy atom. The van der Waals surface area contributed by atoms with Crippen LogP contribution >= 0.6 is 0 Å². The van der Waals surface area contributed by atoms with Crippen LogP contribution in [0.1, 0.15) is 28.5 Å². The number of fused-ring (bicyclic) bond motifs is 1. The van der Waals surface area contributed by atoms with E-state index in [9.17, 15) is 18.8 Å². The minimum absolute atomic E-state index is 0.332. The number of imide groups is 1. The number of Topliss-reactive ketones (excluding diaryl/α,β-unsaturated/α-hetero) is 1. The van der Waals surface area contributed by atoms with E-state index >= 15 is 0 Å². The zero-order valence-electron chi connectivity index (χ0n) is 15.4. The van der Waals surface area contributed by atoms with E-state index in [0.29, 0.717) is 16.8 Å². The number of para-hydroxylation sites is 1. The van der Waals surface area contributed by atoms with Crippen molar-refractivity contribution in [3.63, 3.8) is 0 Å². The molecule has 3 amide bonds. The minimum Gasteiger partial charge on any atom is -0.358 e. The van der Waals surface area contributed by atoms with Crippen molar-refractivity contribution in [2.24, 2.45) is 0 Å². The minimum atomic E-state index is -1.35. The molecule has 1 aromatic heterocycles. The summed E-state index contributed by atoms with van der Waals surface area (Å²) in [5, 5.41) is 3.37. The molecular weight excluding hydrogens is 361 g/mol. The Balaban J connectivity index is 1.64. The molecule has 0 radical (unpaired) electrons. The van der Waals surface area contributed by atoms with Gasteiger partial charge in [0.15, 0.2) is 5.78 Å². The average Bonchev–Trinajstić information content (AvgIpc) is 3.11. The maximum Gasteiger partial charge on any atom is 0.325 e. The van der Waals surface area contributed by atoms with Gasteiger partial charge in [0, 0.05) is 22.2 Å². The molecule has 0 spiro atoms. The van der Waals surface area contributed by atoms with Crippen molar-refractivity contribution in [2.45, 2.75) is 19.4 Å². The van der Waals surface area contributed by atoms with Crippen LogP contribution in [0.25, 0.3) is 10.9 Å². The SMILES string of the molecule is Cc1[nH]c2ccccc2c1C(=O)CN1C(=O)NC(C)(c2ccc(F)cc2)C1=O. The lowest BCUT2D eigenvalue weighted by Crippen LogP contribution is -2.41. The second-order valence-corrected chi connectivity index (χ2v) is 7.05. The number of hydrogen-bond donors (Lipinski definition) is 2. The van der Waals surface area contributed by atoms with E-state index in [1.807, 2.05) is 24.3 Å². The maximum atomic E-state index is 13.2. The first-order valence-electron chi connectivity index (χ1n) is 8.82. The molecule has 3 aromatic rings. The van der Waals surface area contributed by atoms with Crippen molar-refractivity contribution in [3.8, 4) is 0 Å². The summed E-state index contributed by atoms with van der Waals surface area (Å²) in [5.74, 6) is -1.32. The molecule has 2 N–H and O–H groups in total. The average molecular weight is 379 g/mol. The molecule has 1 aliphatic heterocycles. The standard InChI is InChI=1S/C21H18FN3O3/c1-12-18(15-5-3-4-6-16(15)23-12)17(26)11-25-19(27)21(2,24-20(25)28)13-7-9-14(22)10-8-13/h3-10,23H,11H2,1-2H3,(H,24,28). The molecule has 0 aliphatic carbocycles. The van der Waals surface area contributed by atoms with Gasteiger partial charge in [-0.25, -0.2) is 9.18 Å². The van der Waals surface area contributed by atoms with Gasteiger partial charge in [-0.2, -0.15) is 0 Å². The van der Waals surface area contributed by atoms with Gasteiger partial charge in [-0.15, -0.1) is 0 Å². The number of nitrogens with one attached hydrogen (secondary N) is 2. The number of amides is 3. The lowest BCUT2D eigenvalue weighted by Gasteiger charge is -2.22. The topological polar surface area (TPSA) is 82.3 Å². The molecule has 1 fully saturated rings. The van der Waals surface area contributed by atoms with Crippen LogP contribution in [-0.2, 0) is 10.3 Å². The summed E-state index contributed by atoms with van der Waals surface area (Å²) in [6.45, 7) is 2.95. The van der Waals surface area contributed by atoms with Gasteiger partial charge in [0.25, 0.3) is 5.91 Å². The number of ketones is 1. The predicted octanol–water partition coefficient (Wildman–Crippen LogP) is 3.27. The predicted molar refractivity (Wildman–Crippen MR) is 101 cm³/mol. The molecular formula is C21H18FN3O3. The lowest BCUT2D eigenvalue weighted by atomic mass is 9.92. The van der Waals surface area contributed by atoms with Gasteiger partial charge in [0.05, 0.1) is 6.54 Å². The Morgan fingerprint density at radius 3 is 2.50 bits per heavy atom. The number of carbonyl (C=O) groups is 3. The highest BCUT2D eigenvalue weighted by molar-refractivity contribution is 6.15. The molecule has 4 rings (SSSR count). The molecule has 1 atom stereocenters. The molecule has 7 heteroatoms. The molecule has 1 aliphatic rings. The summed E-state index contributed by atoms with van der Waals surface area (Å²) >= 11 is 0. The van der Waals surface area contributed by atoms with Gasteiger partial charge in [-0.1, -0.05) is 30.3 Å². The normalized spacial score (nSPS) is 19.3. The third-order valence-corrected chi connectivity index (χ3v) is 5.17. The zero-order valence-corrected chi connectivity index (χ0v) is 15.4. The van der Waals surface area contributed by atoms with Gasteiger partial charge in [-0.05, 0) is 37.6 Å². The quantitative estimate of drug-likeness (QED) is 0.539. The maximum absolute atomic E-state index is 13.2. The van der Waals surface area contributed by atoms with Crippen LogP contribution in [0.3, 0.4) is 0 Å². The second-order valence-electron chi connectivity index (χ2n) is 7.05. The van der Waals surface area contributed by atoms with E-state index in [4.69, 9.17) is 0 Å². The van der Waals surface area contributed by atoms with Gasteiger partial charge in [0.2, 0.25) is 0 Å². The highest BCUT2D eigenvalue weighted by Gasteiger charge is 2.49. The Morgan fingerprint density at radius 1 is 1.11 bits per heavy atom. The lowest BCUT2D eigenvalue weighted by molar-refractivity contribution is -0.130. The Bertz CT molecular complexity index is 1120. The number of aromatic amines is 1. The van der Waals surface area contributed by atoms with E-state index < -0.39 is 23.3 Å². The fourth-order valence-electron chi connectivity index (χ4n) is 3.68. The van der Waals surface area contributed by atoms with Crippen LogP contribution in [0.2, 0.25) is 0 Å². The second kappa shape index (κ2) is 6.30. The molecule has 2 heterocycles. The van der Waals surface area contributed by atoms with Gasteiger partial charge in [-0.3, -0.25) is 14.5 Å². The third kappa shape index (κ3) is 2.67. The number of halogens is 1. The van der Waals surface area contributed by atoms with Crippen LogP contribution in [0, 0.1) is 12.7 Å². The summed E-state index contributed by atoms with van der Waals surface area (Å²) in [7, 11) is 0. The largest absolute Gasteiger partial charge is 0.358 e. The van der Waals surface area contributed by atoms with Crippen LogP contribution < -0.4 is 5.32 Å². The van der Waals surface area contributed by atoms with Crippen molar-refractivity contribution in [1.29, 1.82) is 0 Å². The van der Waals surface area contributed by atoms with E-state index in [0.717, 1.165) is 15.8 Å². The van der Waals surface area contributed by atoms with Crippen LogP contribution in [0.15, 0.2) is 48.5 Å². The van der Waals surface area contributed by atoms with E-state index in [1.54, 1.807) is 13.8 Å².